The number of nitro groups is 2. The summed E-state index contributed by atoms with van der Waals surface area (Å²) in [6.07, 6.45) is 3.79. The molecule has 61 heavy (non-hydrogen) atoms. The van der Waals surface area contributed by atoms with E-state index >= 15 is 0 Å². The Bertz CT molecular complexity index is 1200. The highest BCUT2D eigenvalue weighted by atomic mass is 16.6. The largest absolute Gasteiger partial charge is 0.463 e. The van der Waals surface area contributed by atoms with E-state index in [1.165, 1.54) is 12.1 Å². The molecule has 0 amide bonds. The molecule has 0 bridgehead atoms. The average molecular weight is 882 g/mol. The van der Waals surface area contributed by atoms with E-state index in [1.807, 2.05) is 6.92 Å². The maximum atomic E-state index is 12.0. The summed E-state index contributed by atoms with van der Waals surface area (Å²) in [5.41, 5.74) is -0.537. The maximum absolute atomic E-state index is 12.0. The van der Waals surface area contributed by atoms with Crippen LogP contribution >= 0.6 is 0 Å². The van der Waals surface area contributed by atoms with E-state index in [2.05, 4.69) is 12.2 Å². The first-order chi connectivity index (χ1) is 29.9. The average Bonchev–Trinajstić information content (AvgIpc) is 3.25. The lowest BCUT2D eigenvalue weighted by atomic mass is 10.00. The predicted molar refractivity (Wildman–Crippen MR) is 222 cm³/mol. The van der Waals surface area contributed by atoms with Crippen LogP contribution in [0, 0.1) is 26.1 Å². The lowest BCUT2D eigenvalue weighted by Crippen LogP contribution is -2.20. The van der Waals surface area contributed by atoms with Crippen molar-refractivity contribution in [1.29, 1.82) is 0 Å². The number of rotatable bonds is 47. The number of benzene rings is 1. The fourth-order valence-electron chi connectivity index (χ4n) is 4.97. The number of esters is 1. The van der Waals surface area contributed by atoms with E-state index in [9.17, 15) is 25.0 Å². The van der Waals surface area contributed by atoms with E-state index in [0.717, 1.165) is 31.7 Å². The molecule has 0 fully saturated rings. The lowest BCUT2D eigenvalue weighted by Gasteiger charge is -2.13. The van der Waals surface area contributed by atoms with Gasteiger partial charge in [0.25, 0.3) is 11.4 Å². The molecule has 1 rings (SSSR count). The van der Waals surface area contributed by atoms with Gasteiger partial charge >= 0.3 is 5.97 Å². The van der Waals surface area contributed by atoms with Gasteiger partial charge in [0, 0.05) is 12.6 Å². The maximum Gasteiger partial charge on any atom is 0.308 e. The minimum Gasteiger partial charge on any atom is -0.463 e. The highest BCUT2D eigenvalue weighted by Gasteiger charge is 2.19. The third kappa shape index (κ3) is 34.0. The van der Waals surface area contributed by atoms with Gasteiger partial charge in [-0.05, 0) is 18.9 Å². The molecule has 0 aliphatic rings. The molecule has 0 saturated carbocycles. The molecule has 354 valence electrons. The van der Waals surface area contributed by atoms with E-state index in [0.29, 0.717) is 152 Å². The molecule has 21 heteroatoms. The van der Waals surface area contributed by atoms with Crippen molar-refractivity contribution in [2.45, 2.75) is 39.5 Å². The van der Waals surface area contributed by atoms with Gasteiger partial charge in [-0.15, -0.1) is 0 Å². The van der Waals surface area contributed by atoms with Gasteiger partial charge in [0.2, 0.25) is 0 Å². The molecule has 1 atom stereocenters. The molecule has 0 aromatic heterocycles. The van der Waals surface area contributed by atoms with Crippen molar-refractivity contribution in [1.82, 2.24) is 0 Å². The van der Waals surface area contributed by atoms with Crippen molar-refractivity contribution >= 4 is 23.0 Å². The standard InChI is InChI=1S/C40H71N3O18/c1-3-5-6-36(4-2)40(44)61-34-33-60-32-31-59-30-29-58-28-27-57-26-25-56-24-23-55-22-21-54-20-19-53-18-17-52-16-15-51-14-13-50-12-11-49-10-9-41-38-8-7-37(42(45)46)35-39(38)43(47)48/h7-8,35-36,41H,3-6,9-34H2,1-2H3. The van der Waals surface area contributed by atoms with Crippen LogP contribution in [-0.2, 0) is 66.4 Å². The molecule has 0 aliphatic carbocycles. The fourth-order valence-corrected chi connectivity index (χ4v) is 4.97. The van der Waals surface area contributed by atoms with Crippen LogP contribution in [0.3, 0.4) is 0 Å². The van der Waals surface area contributed by atoms with Crippen LogP contribution < -0.4 is 5.32 Å². The first kappa shape index (κ1) is 55.8. The van der Waals surface area contributed by atoms with Gasteiger partial charge < -0.3 is 66.9 Å². The Morgan fingerprint density at radius 2 is 0.869 bits per heavy atom. The second kappa shape index (κ2) is 42.1. The summed E-state index contributed by atoms with van der Waals surface area (Å²) in [7, 11) is 0. The Hall–Kier alpha value is -3.19. The highest BCUT2D eigenvalue weighted by Crippen LogP contribution is 2.28. The molecule has 1 aromatic rings. The number of ether oxygens (including phenoxy) is 13. The number of carbonyl (C=O) groups is 1. The Morgan fingerprint density at radius 1 is 0.525 bits per heavy atom. The van der Waals surface area contributed by atoms with Gasteiger partial charge in [-0.3, -0.25) is 25.0 Å². The summed E-state index contributed by atoms with van der Waals surface area (Å²) >= 11 is 0. The van der Waals surface area contributed by atoms with Crippen molar-refractivity contribution in [3.63, 3.8) is 0 Å². The number of carbonyl (C=O) groups excluding carboxylic acids is 1. The van der Waals surface area contributed by atoms with Crippen molar-refractivity contribution in [3.05, 3.63) is 38.4 Å². The quantitative estimate of drug-likeness (QED) is 0.0423. The molecule has 0 radical (unpaired) electrons. The summed E-state index contributed by atoms with van der Waals surface area (Å²) in [5, 5.41) is 24.8. The van der Waals surface area contributed by atoms with Crippen LogP contribution in [-0.4, -0.2) is 188 Å². The predicted octanol–water partition coefficient (Wildman–Crippen LogP) is 3.87. The second-order valence-corrected chi connectivity index (χ2v) is 12.9. The second-order valence-electron chi connectivity index (χ2n) is 12.9. The highest BCUT2D eigenvalue weighted by molar-refractivity contribution is 5.72. The zero-order valence-corrected chi connectivity index (χ0v) is 36.3. The number of nitrogens with zero attached hydrogens (tertiary/aromatic N) is 2. The number of non-ortho nitro benzene ring substituents is 1. The van der Waals surface area contributed by atoms with Crippen molar-refractivity contribution in [2.75, 3.05) is 177 Å². The lowest BCUT2D eigenvalue weighted by molar-refractivity contribution is -0.393. The Morgan fingerprint density at radius 3 is 1.18 bits per heavy atom. The number of unbranched alkanes of at least 4 members (excludes halogenated alkanes) is 1. The van der Waals surface area contributed by atoms with Crippen LogP contribution in [0.5, 0.6) is 0 Å². The van der Waals surface area contributed by atoms with Crippen molar-refractivity contribution in [3.8, 4) is 0 Å². The van der Waals surface area contributed by atoms with Crippen LogP contribution in [0.1, 0.15) is 39.5 Å². The molecule has 0 heterocycles. The van der Waals surface area contributed by atoms with E-state index in [4.69, 9.17) is 61.6 Å². The normalized spacial score (nSPS) is 11.8. The number of anilines is 1. The van der Waals surface area contributed by atoms with Crippen molar-refractivity contribution in [2.24, 2.45) is 5.92 Å². The smallest absolute Gasteiger partial charge is 0.308 e. The molecule has 0 aliphatic heterocycles. The molecule has 0 spiro atoms. The summed E-state index contributed by atoms with van der Waals surface area (Å²) in [4.78, 5) is 32.7. The van der Waals surface area contributed by atoms with E-state index < -0.39 is 9.85 Å². The summed E-state index contributed by atoms with van der Waals surface area (Å²) in [6, 6.07) is 3.42. The number of hydrogen-bond donors (Lipinski definition) is 1. The number of nitrogens with one attached hydrogen (secondary N) is 1. The SMILES string of the molecule is CCCCC(CC)C(=O)OCCOCCOCCOCCOCCOCCOCCOCCOCCOCCOCCOCCOCCNc1ccc([N+](=O)[O-])cc1[N+](=O)[O-]. The van der Waals surface area contributed by atoms with Gasteiger partial charge in [-0.2, -0.15) is 0 Å². The van der Waals surface area contributed by atoms with Gasteiger partial charge in [0.1, 0.15) is 12.3 Å². The summed E-state index contributed by atoms with van der Waals surface area (Å²) in [6.45, 7) is 15.0. The zero-order chi connectivity index (χ0) is 44.3. The first-order valence-electron chi connectivity index (χ1n) is 21.2. The molecular formula is C40H71N3O18. The molecular weight excluding hydrogens is 810 g/mol. The van der Waals surface area contributed by atoms with Crippen LogP contribution in [0.15, 0.2) is 18.2 Å². The van der Waals surface area contributed by atoms with Crippen LogP contribution in [0.25, 0.3) is 0 Å². The number of hydrogen-bond acceptors (Lipinski definition) is 19. The Balaban J connectivity index is 1.70. The monoisotopic (exact) mass is 881 g/mol. The third-order valence-corrected chi connectivity index (χ3v) is 8.25. The molecule has 1 N–H and O–H groups in total. The summed E-state index contributed by atoms with van der Waals surface area (Å²) in [5.74, 6) is -0.148. The Kier molecular flexibility index (Phi) is 38.6. The fraction of sp³-hybridized carbons (Fsp3) is 0.825. The van der Waals surface area contributed by atoms with Gasteiger partial charge in [0.05, 0.1) is 180 Å². The topological polar surface area (TPSA) is 235 Å². The van der Waals surface area contributed by atoms with Gasteiger partial charge in [-0.25, -0.2) is 0 Å². The van der Waals surface area contributed by atoms with Crippen LogP contribution in [0.4, 0.5) is 17.1 Å². The summed E-state index contributed by atoms with van der Waals surface area (Å²) < 4.78 is 70.9. The first-order valence-corrected chi connectivity index (χ1v) is 21.2. The van der Waals surface area contributed by atoms with E-state index in [-0.39, 0.29) is 48.7 Å². The minimum atomic E-state index is -0.683. The van der Waals surface area contributed by atoms with E-state index in [1.54, 1.807) is 0 Å². The van der Waals surface area contributed by atoms with Gasteiger partial charge in [0.15, 0.2) is 0 Å². The van der Waals surface area contributed by atoms with Crippen molar-refractivity contribution < 1.29 is 76.2 Å². The zero-order valence-electron chi connectivity index (χ0n) is 36.3. The number of nitro benzene ring substituents is 2. The minimum absolute atomic E-state index is 0.0166. The molecule has 21 nitrogen and oxygen atoms in total. The molecule has 1 aromatic carbocycles. The third-order valence-electron chi connectivity index (χ3n) is 8.25. The molecule has 1 unspecified atom stereocenters. The van der Waals surface area contributed by atoms with Crippen LogP contribution in [0.2, 0.25) is 0 Å². The molecule has 0 saturated heterocycles. The van der Waals surface area contributed by atoms with Gasteiger partial charge in [-0.1, -0.05) is 26.7 Å². The Labute approximate surface area is 359 Å².